The van der Waals surface area contributed by atoms with E-state index in [1.807, 2.05) is 73.7 Å². The SMILES string of the molecule is CCS(=O)c1ccccc1-c1ccc(C(O)C(=O)OCc2ccccc2)cc1. The summed E-state index contributed by atoms with van der Waals surface area (Å²) in [7, 11) is -1.07. The molecule has 144 valence electrons. The maximum absolute atomic E-state index is 12.3. The van der Waals surface area contributed by atoms with Crippen molar-refractivity contribution in [1.29, 1.82) is 0 Å². The molecule has 28 heavy (non-hydrogen) atoms. The van der Waals surface area contributed by atoms with Crippen molar-refractivity contribution >= 4 is 16.8 Å². The first-order valence-corrected chi connectivity index (χ1v) is 10.4. The largest absolute Gasteiger partial charge is 0.459 e. The maximum Gasteiger partial charge on any atom is 0.339 e. The number of aliphatic hydroxyl groups excluding tert-OH is 1. The average molecular weight is 394 g/mol. The van der Waals surface area contributed by atoms with E-state index in [4.69, 9.17) is 4.74 Å². The molecule has 0 aliphatic carbocycles. The molecule has 3 aromatic rings. The van der Waals surface area contributed by atoms with Gasteiger partial charge in [-0.15, -0.1) is 0 Å². The van der Waals surface area contributed by atoms with Crippen molar-refractivity contribution < 1.29 is 18.8 Å². The predicted octanol–water partition coefficient (Wildman–Crippen LogP) is 4.26. The van der Waals surface area contributed by atoms with Gasteiger partial charge in [0.2, 0.25) is 0 Å². The van der Waals surface area contributed by atoms with Crippen LogP contribution in [0.3, 0.4) is 0 Å². The third-order valence-corrected chi connectivity index (χ3v) is 5.75. The first-order valence-electron chi connectivity index (χ1n) is 9.06. The molecule has 0 fully saturated rings. The molecule has 4 nitrogen and oxygen atoms in total. The van der Waals surface area contributed by atoms with Gasteiger partial charge in [0, 0.05) is 10.6 Å². The third kappa shape index (κ3) is 4.74. The smallest absolute Gasteiger partial charge is 0.339 e. The fourth-order valence-corrected chi connectivity index (χ4v) is 3.82. The zero-order valence-corrected chi connectivity index (χ0v) is 16.4. The summed E-state index contributed by atoms with van der Waals surface area (Å²) in [6.45, 7) is 2.00. The van der Waals surface area contributed by atoms with Crippen LogP contribution in [-0.2, 0) is 26.9 Å². The summed E-state index contributed by atoms with van der Waals surface area (Å²) in [5.41, 5.74) is 3.08. The summed E-state index contributed by atoms with van der Waals surface area (Å²) in [4.78, 5) is 12.9. The van der Waals surface area contributed by atoms with E-state index in [1.54, 1.807) is 12.1 Å². The van der Waals surface area contributed by atoms with Crippen LogP contribution in [0.1, 0.15) is 24.2 Å². The molecule has 0 saturated carbocycles. The zero-order chi connectivity index (χ0) is 19.9. The highest BCUT2D eigenvalue weighted by molar-refractivity contribution is 7.85. The van der Waals surface area contributed by atoms with Crippen molar-refractivity contribution in [3.05, 3.63) is 90.0 Å². The van der Waals surface area contributed by atoms with Gasteiger partial charge in [0.1, 0.15) is 6.61 Å². The zero-order valence-electron chi connectivity index (χ0n) is 15.6. The Labute approximate surface area is 167 Å². The molecule has 0 amide bonds. The number of esters is 1. The van der Waals surface area contributed by atoms with Crippen LogP contribution in [0.5, 0.6) is 0 Å². The molecule has 0 aliphatic heterocycles. The van der Waals surface area contributed by atoms with E-state index in [0.717, 1.165) is 21.6 Å². The van der Waals surface area contributed by atoms with Crippen LogP contribution in [0, 0.1) is 0 Å². The Hall–Kier alpha value is -2.76. The van der Waals surface area contributed by atoms with Crippen LogP contribution < -0.4 is 0 Å². The monoisotopic (exact) mass is 394 g/mol. The topological polar surface area (TPSA) is 63.6 Å². The van der Waals surface area contributed by atoms with Crippen LogP contribution in [0.4, 0.5) is 0 Å². The second-order valence-electron chi connectivity index (χ2n) is 6.25. The molecule has 5 heteroatoms. The van der Waals surface area contributed by atoms with Gasteiger partial charge in [-0.2, -0.15) is 0 Å². The van der Waals surface area contributed by atoms with Crippen LogP contribution in [0.2, 0.25) is 0 Å². The van der Waals surface area contributed by atoms with E-state index >= 15 is 0 Å². The second-order valence-corrected chi connectivity index (χ2v) is 7.96. The molecule has 0 aromatic heterocycles. The molecule has 3 rings (SSSR count). The van der Waals surface area contributed by atoms with Crippen molar-refractivity contribution in [3.63, 3.8) is 0 Å². The lowest BCUT2D eigenvalue weighted by Crippen LogP contribution is -2.15. The van der Waals surface area contributed by atoms with Gasteiger partial charge < -0.3 is 9.84 Å². The number of hydrogen-bond donors (Lipinski definition) is 1. The highest BCUT2D eigenvalue weighted by atomic mass is 32.2. The van der Waals surface area contributed by atoms with Gasteiger partial charge in [-0.25, -0.2) is 4.79 Å². The van der Waals surface area contributed by atoms with E-state index in [9.17, 15) is 14.1 Å². The minimum atomic E-state index is -1.35. The third-order valence-electron chi connectivity index (χ3n) is 4.38. The first-order chi connectivity index (χ1) is 13.6. The lowest BCUT2D eigenvalue weighted by atomic mass is 10.0. The fraction of sp³-hybridized carbons (Fsp3) is 0.174. The standard InChI is InChI=1S/C23H22O4S/c1-2-28(26)21-11-7-6-10-20(21)18-12-14-19(15-13-18)22(24)23(25)27-16-17-8-4-3-5-9-17/h3-15,22,24H,2,16H2,1H3. The summed E-state index contributed by atoms with van der Waals surface area (Å²) < 4.78 is 17.5. The van der Waals surface area contributed by atoms with Gasteiger partial charge in [-0.05, 0) is 28.3 Å². The van der Waals surface area contributed by atoms with Gasteiger partial charge in [-0.3, -0.25) is 4.21 Å². The number of hydrogen-bond acceptors (Lipinski definition) is 4. The van der Waals surface area contributed by atoms with E-state index in [1.165, 1.54) is 0 Å². The van der Waals surface area contributed by atoms with Gasteiger partial charge in [0.05, 0.1) is 10.8 Å². The van der Waals surface area contributed by atoms with Crippen LogP contribution in [0.25, 0.3) is 11.1 Å². The summed E-state index contributed by atoms with van der Waals surface area (Å²) in [6, 6.07) is 23.9. The predicted molar refractivity (Wildman–Crippen MR) is 110 cm³/mol. The Morgan fingerprint density at radius 1 is 0.964 bits per heavy atom. The number of carbonyl (C=O) groups excluding carboxylic acids is 1. The number of carbonyl (C=O) groups is 1. The highest BCUT2D eigenvalue weighted by Gasteiger charge is 2.19. The Kier molecular flexibility index (Phi) is 6.74. The van der Waals surface area contributed by atoms with E-state index in [0.29, 0.717) is 11.3 Å². The van der Waals surface area contributed by atoms with Crippen LogP contribution in [-0.4, -0.2) is 21.0 Å². The van der Waals surface area contributed by atoms with Crippen molar-refractivity contribution in [2.75, 3.05) is 5.75 Å². The molecule has 3 aromatic carbocycles. The minimum Gasteiger partial charge on any atom is -0.459 e. The van der Waals surface area contributed by atoms with Gasteiger partial charge in [0.25, 0.3) is 0 Å². The normalized spacial score (nSPS) is 12.9. The summed E-state index contributed by atoms with van der Waals surface area (Å²) in [5, 5.41) is 10.3. The molecule has 0 saturated heterocycles. The van der Waals surface area contributed by atoms with Crippen molar-refractivity contribution in [3.8, 4) is 11.1 Å². The summed E-state index contributed by atoms with van der Waals surface area (Å²) >= 11 is 0. The van der Waals surface area contributed by atoms with E-state index in [-0.39, 0.29) is 6.61 Å². The fourth-order valence-electron chi connectivity index (χ4n) is 2.85. The molecular weight excluding hydrogens is 372 g/mol. The van der Waals surface area contributed by atoms with E-state index in [2.05, 4.69) is 0 Å². The molecule has 1 N–H and O–H groups in total. The molecule has 2 atom stereocenters. The van der Waals surface area contributed by atoms with Gasteiger partial charge >= 0.3 is 5.97 Å². The molecule has 0 radical (unpaired) electrons. The lowest BCUT2D eigenvalue weighted by molar-refractivity contribution is -0.155. The first kappa shape index (κ1) is 20.0. The Bertz CT molecular complexity index is 952. The number of rotatable bonds is 7. The summed E-state index contributed by atoms with van der Waals surface area (Å²) in [5.74, 6) is -0.148. The molecule has 0 spiro atoms. The minimum absolute atomic E-state index is 0.116. The molecular formula is C23H22O4S. The van der Waals surface area contributed by atoms with Gasteiger partial charge in [0.15, 0.2) is 6.10 Å². The van der Waals surface area contributed by atoms with E-state index < -0.39 is 22.9 Å². The number of ether oxygens (including phenoxy) is 1. The van der Waals surface area contributed by atoms with Crippen LogP contribution in [0.15, 0.2) is 83.8 Å². The number of aliphatic hydroxyl groups is 1. The average Bonchev–Trinajstić information content (AvgIpc) is 2.77. The molecule has 0 aliphatic rings. The summed E-state index contributed by atoms with van der Waals surface area (Å²) in [6.07, 6.45) is -1.35. The van der Waals surface area contributed by atoms with Crippen molar-refractivity contribution in [2.24, 2.45) is 0 Å². The Balaban J connectivity index is 1.72. The second kappa shape index (κ2) is 9.44. The van der Waals surface area contributed by atoms with Crippen LogP contribution >= 0.6 is 0 Å². The number of benzene rings is 3. The Morgan fingerprint density at radius 3 is 2.29 bits per heavy atom. The lowest BCUT2D eigenvalue weighted by Gasteiger charge is -2.13. The maximum atomic E-state index is 12.3. The van der Waals surface area contributed by atoms with Crippen molar-refractivity contribution in [1.82, 2.24) is 0 Å². The quantitative estimate of drug-likeness (QED) is 0.608. The molecule has 0 bridgehead atoms. The highest BCUT2D eigenvalue weighted by Crippen LogP contribution is 2.28. The van der Waals surface area contributed by atoms with Gasteiger partial charge in [-0.1, -0.05) is 79.7 Å². The molecule has 2 unspecified atom stereocenters. The molecule has 0 heterocycles. The Morgan fingerprint density at radius 2 is 1.61 bits per heavy atom. The van der Waals surface area contributed by atoms with Crippen molar-refractivity contribution in [2.45, 2.75) is 24.5 Å².